The molecule has 4 nitrogen and oxygen atoms in total. The number of anilines is 2. The molecule has 1 atom stereocenters. The fourth-order valence-electron chi connectivity index (χ4n) is 2.82. The molecule has 0 aliphatic carbocycles. The van der Waals surface area contributed by atoms with E-state index in [1.165, 1.54) is 11.3 Å². The molecule has 0 saturated carbocycles. The summed E-state index contributed by atoms with van der Waals surface area (Å²) in [5, 5.41) is 2.99. The zero-order valence-electron chi connectivity index (χ0n) is 12.0. The van der Waals surface area contributed by atoms with Gasteiger partial charge in [0.2, 0.25) is 0 Å². The molecule has 1 aliphatic heterocycles. The summed E-state index contributed by atoms with van der Waals surface area (Å²) in [6.07, 6.45) is 4.80. The molecular formula is C16H20N4. The quantitative estimate of drug-likeness (QED) is 0.929. The van der Waals surface area contributed by atoms with Crippen molar-refractivity contribution in [1.82, 2.24) is 9.97 Å². The van der Waals surface area contributed by atoms with E-state index >= 15 is 0 Å². The first-order valence-corrected chi connectivity index (χ1v) is 7.08. The molecule has 0 bridgehead atoms. The van der Waals surface area contributed by atoms with Crippen LogP contribution in [0.1, 0.15) is 18.2 Å². The SMILES string of the molecule is CNc1cnc(CN2CC(C)Cc3ccccc32)cn1. The van der Waals surface area contributed by atoms with Crippen molar-refractivity contribution in [3.8, 4) is 0 Å². The van der Waals surface area contributed by atoms with Gasteiger partial charge in [-0.1, -0.05) is 25.1 Å². The molecule has 2 aromatic rings. The summed E-state index contributed by atoms with van der Waals surface area (Å²) < 4.78 is 0. The summed E-state index contributed by atoms with van der Waals surface area (Å²) in [4.78, 5) is 11.2. The highest BCUT2D eigenvalue weighted by molar-refractivity contribution is 5.55. The van der Waals surface area contributed by atoms with Gasteiger partial charge < -0.3 is 10.2 Å². The van der Waals surface area contributed by atoms with Crippen molar-refractivity contribution < 1.29 is 0 Å². The van der Waals surface area contributed by atoms with Gasteiger partial charge in [0.15, 0.2) is 0 Å². The Hall–Kier alpha value is -2.10. The van der Waals surface area contributed by atoms with Crippen molar-refractivity contribution in [1.29, 1.82) is 0 Å². The number of fused-ring (bicyclic) bond motifs is 1. The number of rotatable bonds is 3. The number of aromatic nitrogens is 2. The van der Waals surface area contributed by atoms with Crippen molar-refractivity contribution in [2.24, 2.45) is 5.92 Å². The Morgan fingerprint density at radius 3 is 2.85 bits per heavy atom. The fraction of sp³-hybridized carbons (Fsp3) is 0.375. The Morgan fingerprint density at radius 2 is 2.10 bits per heavy atom. The lowest BCUT2D eigenvalue weighted by Crippen LogP contribution is -2.34. The third kappa shape index (κ3) is 2.59. The fourth-order valence-corrected chi connectivity index (χ4v) is 2.82. The molecule has 2 heterocycles. The van der Waals surface area contributed by atoms with Gasteiger partial charge >= 0.3 is 0 Å². The van der Waals surface area contributed by atoms with E-state index in [-0.39, 0.29) is 0 Å². The molecular weight excluding hydrogens is 248 g/mol. The van der Waals surface area contributed by atoms with E-state index in [0.717, 1.165) is 31.0 Å². The molecule has 0 spiro atoms. The Bertz CT molecular complexity index is 579. The molecule has 20 heavy (non-hydrogen) atoms. The molecule has 104 valence electrons. The monoisotopic (exact) mass is 268 g/mol. The van der Waals surface area contributed by atoms with E-state index in [0.29, 0.717) is 5.92 Å². The van der Waals surface area contributed by atoms with E-state index in [1.54, 1.807) is 6.20 Å². The minimum atomic E-state index is 0.675. The highest BCUT2D eigenvalue weighted by atomic mass is 15.1. The van der Waals surface area contributed by atoms with Crippen molar-refractivity contribution in [3.05, 3.63) is 47.9 Å². The summed E-state index contributed by atoms with van der Waals surface area (Å²) in [5.41, 5.74) is 3.78. The normalized spacial score (nSPS) is 17.7. The smallest absolute Gasteiger partial charge is 0.144 e. The minimum Gasteiger partial charge on any atom is -0.372 e. The largest absolute Gasteiger partial charge is 0.372 e. The number of hydrogen-bond donors (Lipinski definition) is 1. The summed E-state index contributed by atoms with van der Waals surface area (Å²) in [6.45, 7) is 4.20. The van der Waals surface area contributed by atoms with E-state index in [2.05, 4.69) is 51.4 Å². The second-order valence-electron chi connectivity index (χ2n) is 5.46. The first-order valence-electron chi connectivity index (χ1n) is 7.08. The van der Waals surface area contributed by atoms with Gasteiger partial charge in [-0.3, -0.25) is 4.98 Å². The molecule has 1 unspecified atom stereocenters. The van der Waals surface area contributed by atoms with Gasteiger partial charge in [0, 0.05) is 19.3 Å². The molecule has 0 fully saturated rings. The van der Waals surface area contributed by atoms with Gasteiger partial charge in [-0.25, -0.2) is 4.98 Å². The van der Waals surface area contributed by atoms with Gasteiger partial charge in [-0.05, 0) is 24.0 Å². The van der Waals surface area contributed by atoms with Crippen LogP contribution in [-0.4, -0.2) is 23.6 Å². The maximum Gasteiger partial charge on any atom is 0.144 e. The highest BCUT2D eigenvalue weighted by Crippen LogP contribution is 2.30. The summed E-state index contributed by atoms with van der Waals surface area (Å²) in [5.74, 6) is 1.48. The lowest BCUT2D eigenvalue weighted by Gasteiger charge is -2.34. The van der Waals surface area contributed by atoms with E-state index in [9.17, 15) is 0 Å². The van der Waals surface area contributed by atoms with Crippen LogP contribution in [0.5, 0.6) is 0 Å². The molecule has 1 aromatic carbocycles. The topological polar surface area (TPSA) is 41.1 Å². The van der Waals surface area contributed by atoms with Crippen molar-refractivity contribution in [3.63, 3.8) is 0 Å². The first kappa shape index (κ1) is 12.9. The van der Waals surface area contributed by atoms with Crippen LogP contribution in [0.25, 0.3) is 0 Å². The van der Waals surface area contributed by atoms with E-state index in [4.69, 9.17) is 0 Å². The number of nitrogens with one attached hydrogen (secondary N) is 1. The zero-order chi connectivity index (χ0) is 13.9. The van der Waals surface area contributed by atoms with Crippen LogP contribution in [0.3, 0.4) is 0 Å². The lowest BCUT2D eigenvalue weighted by molar-refractivity contribution is 0.528. The van der Waals surface area contributed by atoms with Crippen LogP contribution in [0.15, 0.2) is 36.7 Å². The van der Waals surface area contributed by atoms with E-state index < -0.39 is 0 Å². The Kier molecular flexibility index (Phi) is 3.54. The third-order valence-corrected chi connectivity index (χ3v) is 3.75. The van der Waals surface area contributed by atoms with Crippen LogP contribution in [0, 0.1) is 5.92 Å². The maximum atomic E-state index is 4.47. The maximum absolute atomic E-state index is 4.47. The average molecular weight is 268 g/mol. The van der Waals surface area contributed by atoms with Gasteiger partial charge in [0.1, 0.15) is 5.82 Å². The van der Waals surface area contributed by atoms with Crippen LogP contribution >= 0.6 is 0 Å². The molecule has 0 amide bonds. The zero-order valence-corrected chi connectivity index (χ0v) is 12.0. The molecule has 4 heteroatoms. The third-order valence-electron chi connectivity index (χ3n) is 3.75. The van der Waals surface area contributed by atoms with Crippen molar-refractivity contribution >= 4 is 11.5 Å². The summed E-state index contributed by atoms with van der Waals surface area (Å²) in [6, 6.07) is 8.67. The van der Waals surface area contributed by atoms with Crippen molar-refractivity contribution in [2.75, 3.05) is 23.8 Å². The number of benzene rings is 1. The van der Waals surface area contributed by atoms with Crippen LogP contribution in [0.2, 0.25) is 0 Å². The number of hydrogen-bond acceptors (Lipinski definition) is 4. The van der Waals surface area contributed by atoms with Gasteiger partial charge in [0.05, 0.1) is 24.6 Å². The standard InChI is InChI=1S/C16H20N4/c1-12-7-13-5-3-4-6-15(13)20(10-12)11-14-8-19-16(17-2)9-18-14/h3-6,8-9,12H,7,10-11H2,1-2H3,(H,17,19). The van der Waals surface area contributed by atoms with Crippen LogP contribution in [-0.2, 0) is 13.0 Å². The predicted molar refractivity (Wildman–Crippen MR) is 81.9 cm³/mol. The molecule has 0 saturated heterocycles. The van der Waals surface area contributed by atoms with Gasteiger partial charge in [-0.2, -0.15) is 0 Å². The second-order valence-corrected chi connectivity index (χ2v) is 5.46. The van der Waals surface area contributed by atoms with E-state index in [1.807, 2.05) is 13.2 Å². The number of para-hydroxylation sites is 1. The molecule has 1 aromatic heterocycles. The summed E-state index contributed by atoms with van der Waals surface area (Å²) >= 11 is 0. The van der Waals surface area contributed by atoms with Crippen LogP contribution < -0.4 is 10.2 Å². The predicted octanol–water partition coefficient (Wildman–Crippen LogP) is 2.72. The lowest BCUT2D eigenvalue weighted by atomic mass is 9.94. The average Bonchev–Trinajstić information content (AvgIpc) is 2.48. The Labute approximate surface area is 119 Å². The van der Waals surface area contributed by atoms with Crippen LogP contribution in [0.4, 0.5) is 11.5 Å². The Morgan fingerprint density at radius 1 is 1.25 bits per heavy atom. The molecule has 3 rings (SSSR count). The second kappa shape index (κ2) is 5.49. The molecule has 1 aliphatic rings. The van der Waals surface area contributed by atoms with Gasteiger partial charge in [0.25, 0.3) is 0 Å². The summed E-state index contributed by atoms with van der Waals surface area (Å²) in [7, 11) is 1.85. The highest BCUT2D eigenvalue weighted by Gasteiger charge is 2.21. The van der Waals surface area contributed by atoms with Crippen molar-refractivity contribution in [2.45, 2.75) is 19.9 Å². The molecule has 0 radical (unpaired) electrons. The minimum absolute atomic E-state index is 0.675. The first-order chi connectivity index (χ1) is 9.76. The molecule has 1 N–H and O–H groups in total. The number of nitrogens with zero attached hydrogens (tertiary/aromatic N) is 3. The Balaban J connectivity index is 1.83. The van der Waals surface area contributed by atoms with Gasteiger partial charge in [-0.15, -0.1) is 0 Å².